The van der Waals surface area contributed by atoms with Gasteiger partial charge in [-0.05, 0) is 36.8 Å². The van der Waals surface area contributed by atoms with Crippen LogP contribution in [0.4, 0.5) is 13.2 Å². The third-order valence-electron chi connectivity index (χ3n) is 5.27. The minimum Gasteiger partial charge on any atom is -0.335 e. The van der Waals surface area contributed by atoms with Gasteiger partial charge in [-0.2, -0.15) is 13.2 Å². The number of alkyl halides is 3. The van der Waals surface area contributed by atoms with Crippen LogP contribution in [0.15, 0.2) is 48.8 Å². The van der Waals surface area contributed by atoms with Gasteiger partial charge < -0.3 is 4.90 Å². The van der Waals surface area contributed by atoms with Gasteiger partial charge in [0.25, 0.3) is 5.91 Å². The zero-order chi connectivity index (χ0) is 22.0. The minimum absolute atomic E-state index is 0.0725. The summed E-state index contributed by atoms with van der Waals surface area (Å²) in [5, 5.41) is 0.547. The summed E-state index contributed by atoms with van der Waals surface area (Å²) >= 11 is 1.23. The number of hydrogen-bond donors (Lipinski definition) is 0. The van der Waals surface area contributed by atoms with Gasteiger partial charge in [-0.3, -0.25) is 14.7 Å². The molecule has 0 bridgehead atoms. The molecule has 3 aromatic rings. The molecule has 0 radical (unpaired) electrons. The number of pyridine rings is 1. The van der Waals surface area contributed by atoms with Gasteiger partial charge in [-0.1, -0.05) is 12.1 Å². The normalized spacial score (nSPS) is 15.3. The molecule has 3 heterocycles. The number of rotatable bonds is 4. The Morgan fingerprint density at radius 2 is 1.68 bits per heavy atom. The molecule has 0 spiro atoms. The molecule has 1 aromatic carbocycles. The Hall–Kier alpha value is -2.78. The fourth-order valence-corrected chi connectivity index (χ4v) is 4.56. The van der Waals surface area contributed by atoms with Crippen LogP contribution >= 0.6 is 11.3 Å². The van der Waals surface area contributed by atoms with Crippen LogP contribution in [0.25, 0.3) is 10.6 Å². The van der Waals surface area contributed by atoms with Crippen molar-refractivity contribution in [2.75, 3.05) is 26.2 Å². The van der Waals surface area contributed by atoms with Crippen molar-refractivity contribution in [2.24, 2.45) is 0 Å². The van der Waals surface area contributed by atoms with E-state index in [-0.39, 0.29) is 5.91 Å². The van der Waals surface area contributed by atoms with E-state index in [1.807, 2.05) is 17.0 Å². The predicted molar refractivity (Wildman–Crippen MR) is 113 cm³/mol. The summed E-state index contributed by atoms with van der Waals surface area (Å²) in [6.07, 6.45) is -0.830. The van der Waals surface area contributed by atoms with Gasteiger partial charge in [0, 0.05) is 50.7 Å². The topological polar surface area (TPSA) is 49.3 Å². The molecule has 2 aromatic heterocycles. The second-order valence-electron chi connectivity index (χ2n) is 7.43. The summed E-state index contributed by atoms with van der Waals surface area (Å²) in [6.45, 7) is 5.38. The molecule has 162 valence electrons. The number of hydrogen-bond acceptors (Lipinski definition) is 5. The van der Waals surface area contributed by atoms with E-state index in [0.717, 1.165) is 31.8 Å². The second kappa shape index (κ2) is 8.76. The van der Waals surface area contributed by atoms with Crippen molar-refractivity contribution in [3.8, 4) is 10.6 Å². The lowest BCUT2D eigenvalue weighted by Gasteiger charge is -2.34. The fourth-order valence-electron chi connectivity index (χ4n) is 3.52. The highest BCUT2D eigenvalue weighted by Gasteiger charge is 2.30. The summed E-state index contributed by atoms with van der Waals surface area (Å²) in [5.74, 6) is -0.0725. The summed E-state index contributed by atoms with van der Waals surface area (Å²) in [5.41, 5.74) is 1.66. The molecule has 0 saturated carbocycles. The Balaban J connectivity index is 1.41. The van der Waals surface area contributed by atoms with Gasteiger partial charge in [-0.15, -0.1) is 11.3 Å². The highest BCUT2D eigenvalue weighted by Crippen LogP contribution is 2.33. The fraction of sp³-hybridized carbons (Fsp3) is 0.318. The van der Waals surface area contributed by atoms with Gasteiger partial charge >= 0.3 is 6.18 Å². The maximum Gasteiger partial charge on any atom is 0.416 e. The number of benzene rings is 1. The monoisotopic (exact) mass is 446 g/mol. The average Bonchev–Trinajstić information content (AvgIpc) is 3.15. The van der Waals surface area contributed by atoms with E-state index >= 15 is 0 Å². The van der Waals surface area contributed by atoms with Gasteiger partial charge in [-0.25, -0.2) is 4.98 Å². The Morgan fingerprint density at radius 1 is 1.03 bits per heavy atom. The lowest BCUT2D eigenvalue weighted by atomic mass is 10.1. The van der Waals surface area contributed by atoms with Crippen LogP contribution in [0.2, 0.25) is 0 Å². The molecular weight excluding hydrogens is 425 g/mol. The average molecular weight is 446 g/mol. The van der Waals surface area contributed by atoms with Crippen molar-refractivity contribution < 1.29 is 18.0 Å². The molecule has 1 fully saturated rings. The zero-order valence-corrected chi connectivity index (χ0v) is 17.7. The third-order valence-corrected chi connectivity index (χ3v) is 6.46. The minimum atomic E-state index is -4.38. The standard InChI is InChI=1S/C22H21F3N4OS/c1-15-19(31-20(27-15)17-2-4-18(5-3-17)22(23,24)25)21(30)29-12-10-28(11-13-29)14-16-6-8-26-9-7-16/h2-9H,10-14H2,1H3. The molecule has 0 unspecified atom stereocenters. The molecule has 1 amide bonds. The van der Waals surface area contributed by atoms with Crippen LogP contribution in [0.1, 0.15) is 26.5 Å². The molecular formula is C22H21F3N4OS. The summed E-state index contributed by atoms with van der Waals surface area (Å²) in [7, 11) is 0. The highest BCUT2D eigenvalue weighted by molar-refractivity contribution is 7.17. The molecule has 1 aliphatic heterocycles. The largest absolute Gasteiger partial charge is 0.416 e. The zero-order valence-electron chi connectivity index (χ0n) is 16.9. The van der Waals surface area contributed by atoms with E-state index in [4.69, 9.17) is 0 Å². The second-order valence-corrected chi connectivity index (χ2v) is 8.43. The highest BCUT2D eigenvalue weighted by atomic mass is 32.1. The number of amides is 1. The molecule has 5 nitrogen and oxygen atoms in total. The van der Waals surface area contributed by atoms with Crippen molar-refractivity contribution in [3.63, 3.8) is 0 Å². The van der Waals surface area contributed by atoms with Crippen molar-refractivity contribution in [3.05, 3.63) is 70.5 Å². The van der Waals surface area contributed by atoms with Gasteiger partial charge in [0.1, 0.15) is 9.88 Å². The van der Waals surface area contributed by atoms with Crippen LogP contribution in [-0.4, -0.2) is 51.9 Å². The number of halogens is 3. The molecule has 0 aliphatic carbocycles. The van der Waals surface area contributed by atoms with Gasteiger partial charge in [0.15, 0.2) is 0 Å². The molecule has 4 rings (SSSR count). The number of aromatic nitrogens is 2. The van der Waals surface area contributed by atoms with Crippen LogP contribution < -0.4 is 0 Å². The van der Waals surface area contributed by atoms with Crippen molar-refractivity contribution in [1.29, 1.82) is 0 Å². The van der Waals surface area contributed by atoms with E-state index in [1.54, 1.807) is 19.3 Å². The SMILES string of the molecule is Cc1nc(-c2ccc(C(F)(F)F)cc2)sc1C(=O)N1CCN(Cc2ccncc2)CC1. The smallest absolute Gasteiger partial charge is 0.335 e. The molecule has 1 aliphatic rings. The molecule has 0 atom stereocenters. The van der Waals surface area contributed by atoms with Crippen LogP contribution in [-0.2, 0) is 12.7 Å². The maximum absolute atomic E-state index is 13.0. The molecule has 9 heteroatoms. The van der Waals surface area contributed by atoms with E-state index in [0.29, 0.717) is 34.2 Å². The summed E-state index contributed by atoms with van der Waals surface area (Å²) < 4.78 is 38.3. The first-order valence-corrected chi connectivity index (χ1v) is 10.7. The number of thiazole rings is 1. The first-order chi connectivity index (χ1) is 14.8. The van der Waals surface area contributed by atoms with E-state index in [2.05, 4.69) is 14.9 Å². The molecule has 1 saturated heterocycles. The maximum atomic E-state index is 13.0. The van der Waals surface area contributed by atoms with Gasteiger partial charge in [0.2, 0.25) is 0 Å². The predicted octanol–water partition coefficient (Wildman–Crippen LogP) is 4.49. The number of carbonyl (C=O) groups is 1. The van der Waals surface area contributed by atoms with Gasteiger partial charge in [0.05, 0.1) is 11.3 Å². The Kier molecular flexibility index (Phi) is 6.06. The molecule has 0 N–H and O–H groups in total. The number of aryl methyl sites for hydroxylation is 1. The van der Waals surface area contributed by atoms with Crippen LogP contribution in [0.3, 0.4) is 0 Å². The van der Waals surface area contributed by atoms with E-state index in [9.17, 15) is 18.0 Å². The Labute approximate surface area is 182 Å². The quantitative estimate of drug-likeness (QED) is 0.593. The third kappa shape index (κ3) is 4.94. The molecule has 31 heavy (non-hydrogen) atoms. The van der Waals surface area contributed by atoms with Crippen LogP contribution in [0.5, 0.6) is 0 Å². The van der Waals surface area contributed by atoms with Crippen molar-refractivity contribution >= 4 is 17.2 Å². The van der Waals surface area contributed by atoms with E-state index < -0.39 is 11.7 Å². The first kappa shape index (κ1) is 21.5. The number of nitrogens with zero attached hydrogens (tertiary/aromatic N) is 4. The van der Waals surface area contributed by atoms with Crippen molar-refractivity contribution in [1.82, 2.24) is 19.8 Å². The van der Waals surface area contributed by atoms with Crippen LogP contribution in [0, 0.1) is 6.92 Å². The first-order valence-electron chi connectivity index (χ1n) is 9.87. The number of piperazine rings is 1. The summed E-state index contributed by atoms with van der Waals surface area (Å²) in [6, 6.07) is 8.84. The lowest BCUT2D eigenvalue weighted by Crippen LogP contribution is -2.48. The Morgan fingerprint density at radius 3 is 2.29 bits per heavy atom. The lowest BCUT2D eigenvalue weighted by molar-refractivity contribution is -0.137. The van der Waals surface area contributed by atoms with E-state index in [1.165, 1.54) is 29.0 Å². The van der Waals surface area contributed by atoms with Crippen molar-refractivity contribution in [2.45, 2.75) is 19.6 Å². The number of carbonyl (C=O) groups excluding carboxylic acids is 1. The Bertz CT molecular complexity index is 1040. The summed E-state index contributed by atoms with van der Waals surface area (Å²) in [4.78, 5) is 26.2.